The quantitative estimate of drug-likeness (QED) is 0.820. The van der Waals surface area contributed by atoms with Gasteiger partial charge in [-0.15, -0.1) is 10.2 Å². The molecular weight excluding hydrogens is 227 g/mol. The Morgan fingerprint density at radius 1 is 1.57 bits per heavy atom. The number of amides is 1. The van der Waals surface area contributed by atoms with E-state index < -0.39 is 11.9 Å². The number of aromatic nitrogens is 2. The van der Waals surface area contributed by atoms with E-state index >= 15 is 0 Å². The normalized spacial score (nSPS) is 12.2. The zero-order valence-corrected chi connectivity index (χ0v) is 8.80. The summed E-state index contributed by atoms with van der Waals surface area (Å²) in [5.74, 6) is -0.492. The van der Waals surface area contributed by atoms with Crippen LogP contribution in [0.4, 0.5) is 5.69 Å². The maximum Gasteiger partial charge on any atom is 0.239 e. The van der Waals surface area contributed by atoms with Gasteiger partial charge in [0.05, 0.1) is 5.69 Å². The van der Waals surface area contributed by atoms with Crippen LogP contribution in [-0.4, -0.2) is 22.1 Å². The fourth-order valence-electron chi connectivity index (χ4n) is 0.759. The van der Waals surface area contributed by atoms with Gasteiger partial charge in [0, 0.05) is 6.07 Å². The summed E-state index contributed by atoms with van der Waals surface area (Å²) >= 11 is 11.3. The molecule has 1 unspecified atom stereocenters. The minimum Gasteiger partial charge on any atom is -0.371 e. The first-order valence-electron chi connectivity index (χ1n) is 3.75. The first-order chi connectivity index (χ1) is 6.50. The van der Waals surface area contributed by atoms with Crippen molar-refractivity contribution in [2.24, 2.45) is 5.73 Å². The van der Waals surface area contributed by atoms with Crippen molar-refractivity contribution in [1.82, 2.24) is 10.2 Å². The lowest BCUT2D eigenvalue weighted by Crippen LogP contribution is -2.32. The number of rotatable bonds is 3. The van der Waals surface area contributed by atoms with Gasteiger partial charge in [-0.1, -0.05) is 23.2 Å². The molecule has 0 spiro atoms. The molecule has 0 radical (unpaired) electrons. The summed E-state index contributed by atoms with van der Waals surface area (Å²) in [5, 5.41) is 10.2. The van der Waals surface area contributed by atoms with Gasteiger partial charge in [-0.25, -0.2) is 0 Å². The number of carbonyl (C=O) groups is 1. The molecule has 0 bridgehead atoms. The van der Waals surface area contributed by atoms with E-state index in [9.17, 15) is 4.79 Å². The maximum atomic E-state index is 10.7. The zero-order valence-electron chi connectivity index (χ0n) is 7.29. The number of nitrogens with one attached hydrogen (secondary N) is 1. The van der Waals surface area contributed by atoms with Gasteiger partial charge in [0.2, 0.25) is 5.91 Å². The molecule has 0 aliphatic carbocycles. The van der Waals surface area contributed by atoms with Crippen LogP contribution in [0.15, 0.2) is 6.07 Å². The molecule has 1 rings (SSSR count). The summed E-state index contributed by atoms with van der Waals surface area (Å²) in [5.41, 5.74) is 5.49. The minimum absolute atomic E-state index is 0.141. The third-order valence-electron chi connectivity index (χ3n) is 1.52. The third-order valence-corrected chi connectivity index (χ3v) is 1.98. The average molecular weight is 235 g/mol. The lowest BCUT2D eigenvalue weighted by molar-refractivity contribution is -0.118. The Morgan fingerprint density at radius 2 is 2.21 bits per heavy atom. The summed E-state index contributed by atoms with van der Waals surface area (Å²) in [6.45, 7) is 1.60. The summed E-state index contributed by atoms with van der Waals surface area (Å²) in [6.07, 6.45) is 0. The van der Waals surface area contributed by atoms with Gasteiger partial charge in [0.1, 0.15) is 6.04 Å². The van der Waals surface area contributed by atoms with E-state index in [1.165, 1.54) is 6.07 Å². The van der Waals surface area contributed by atoms with Crippen LogP contribution in [-0.2, 0) is 4.79 Å². The van der Waals surface area contributed by atoms with Crippen LogP contribution in [0.3, 0.4) is 0 Å². The maximum absolute atomic E-state index is 10.7. The molecule has 0 saturated carbocycles. The third kappa shape index (κ3) is 2.71. The van der Waals surface area contributed by atoms with E-state index in [1.807, 2.05) is 0 Å². The highest BCUT2D eigenvalue weighted by Crippen LogP contribution is 2.21. The van der Waals surface area contributed by atoms with Crippen molar-refractivity contribution < 1.29 is 4.79 Å². The molecule has 3 N–H and O–H groups in total. The van der Waals surface area contributed by atoms with Gasteiger partial charge in [-0.2, -0.15) is 0 Å². The standard InChI is InChI=1S/C7H8Cl2N4O/c1-3(7(10)14)11-4-2-5(8)12-13-6(4)9/h2-3H,1H3,(H2,10,14)(H,11,12). The van der Waals surface area contributed by atoms with Crippen LogP contribution in [0.2, 0.25) is 10.3 Å². The Hall–Kier alpha value is -1.07. The van der Waals surface area contributed by atoms with Gasteiger partial charge in [0.15, 0.2) is 10.3 Å². The molecule has 1 amide bonds. The molecular formula is C7H8Cl2N4O. The van der Waals surface area contributed by atoms with Gasteiger partial charge in [-0.3, -0.25) is 4.79 Å². The smallest absolute Gasteiger partial charge is 0.239 e. The lowest BCUT2D eigenvalue weighted by atomic mass is 10.3. The Labute approximate surface area is 90.6 Å². The fourth-order valence-corrected chi connectivity index (χ4v) is 1.05. The van der Waals surface area contributed by atoms with Crippen molar-refractivity contribution in [2.45, 2.75) is 13.0 Å². The van der Waals surface area contributed by atoms with E-state index in [0.717, 1.165) is 0 Å². The van der Waals surface area contributed by atoms with Gasteiger partial charge < -0.3 is 11.1 Å². The number of halogens is 2. The second-order valence-electron chi connectivity index (χ2n) is 2.64. The molecule has 0 aliphatic heterocycles. The average Bonchev–Trinajstić information content (AvgIpc) is 2.11. The van der Waals surface area contributed by atoms with Crippen molar-refractivity contribution in [3.8, 4) is 0 Å². The number of carbonyl (C=O) groups excluding carboxylic acids is 1. The number of primary amides is 1. The van der Waals surface area contributed by atoms with Crippen LogP contribution in [0.1, 0.15) is 6.92 Å². The van der Waals surface area contributed by atoms with Crippen LogP contribution in [0.5, 0.6) is 0 Å². The number of anilines is 1. The molecule has 5 nitrogen and oxygen atoms in total. The Bertz CT molecular complexity index is 358. The predicted octanol–water partition coefficient (Wildman–Crippen LogP) is 1.07. The van der Waals surface area contributed by atoms with Gasteiger partial charge in [-0.05, 0) is 6.92 Å². The van der Waals surface area contributed by atoms with Crippen molar-refractivity contribution in [1.29, 1.82) is 0 Å². The SMILES string of the molecule is CC(Nc1cc(Cl)nnc1Cl)C(N)=O. The molecule has 1 atom stereocenters. The van der Waals surface area contributed by atoms with E-state index in [2.05, 4.69) is 15.5 Å². The van der Waals surface area contributed by atoms with Crippen molar-refractivity contribution in [3.63, 3.8) is 0 Å². The van der Waals surface area contributed by atoms with E-state index in [4.69, 9.17) is 28.9 Å². The Balaban J connectivity index is 2.85. The number of nitrogens with zero attached hydrogens (tertiary/aromatic N) is 2. The topological polar surface area (TPSA) is 80.9 Å². The molecule has 76 valence electrons. The monoisotopic (exact) mass is 234 g/mol. The highest BCUT2D eigenvalue weighted by molar-refractivity contribution is 6.33. The van der Waals surface area contributed by atoms with Crippen LogP contribution < -0.4 is 11.1 Å². The van der Waals surface area contributed by atoms with Gasteiger partial charge >= 0.3 is 0 Å². The first kappa shape index (κ1) is 11.0. The second kappa shape index (κ2) is 4.43. The molecule has 0 saturated heterocycles. The summed E-state index contributed by atoms with van der Waals surface area (Å²) < 4.78 is 0. The van der Waals surface area contributed by atoms with Crippen LogP contribution >= 0.6 is 23.2 Å². The van der Waals surface area contributed by atoms with E-state index in [1.54, 1.807) is 6.92 Å². The predicted molar refractivity (Wildman–Crippen MR) is 54.3 cm³/mol. The van der Waals surface area contributed by atoms with Crippen molar-refractivity contribution >= 4 is 34.8 Å². The Kier molecular flexibility index (Phi) is 3.49. The highest BCUT2D eigenvalue weighted by Gasteiger charge is 2.11. The molecule has 1 heterocycles. The number of nitrogens with two attached hydrogens (primary N) is 1. The number of hydrogen-bond donors (Lipinski definition) is 2. The summed E-state index contributed by atoms with van der Waals surface area (Å²) in [6, 6.07) is 0.920. The molecule has 1 aromatic rings. The molecule has 0 aliphatic rings. The molecule has 7 heteroatoms. The van der Waals surface area contributed by atoms with E-state index in [-0.39, 0.29) is 10.3 Å². The zero-order chi connectivity index (χ0) is 10.7. The fraction of sp³-hybridized carbons (Fsp3) is 0.286. The molecule has 1 aromatic heterocycles. The van der Waals surface area contributed by atoms with Crippen LogP contribution in [0.25, 0.3) is 0 Å². The highest BCUT2D eigenvalue weighted by atomic mass is 35.5. The number of hydrogen-bond acceptors (Lipinski definition) is 4. The molecule has 0 aromatic carbocycles. The largest absolute Gasteiger partial charge is 0.371 e. The summed E-state index contributed by atoms with van der Waals surface area (Å²) in [4.78, 5) is 10.7. The molecule has 14 heavy (non-hydrogen) atoms. The minimum atomic E-state index is -0.548. The second-order valence-corrected chi connectivity index (χ2v) is 3.39. The van der Waals surface area contributed by atoms with Crippen molar-refractivity contribution in [3.05, 3.63) is 16.4 Å². The van der Waals surface area contributed by atoms with Crippen LogP contribution in [0, 0.1) is 0 Å². The first-order valence-corrected chi connectivity index (χ1v) is 4.51. The molecule has 0 fully saturated rings. The van der Waals surface area contributed by atoms with Crippen molar-refractivity contribution in [2.75, 3.05) is 5.32 Å². The van der Waals surface area contributed by atoms with Gasteiger partial charge in [0.25, 0.3) is 0 Å². The van der Waals surface area contributed by atoms with E-state index in [0.29, 0.717) is 5.69 Å². The lowest BCUT2D eigenvalue weighted by Gasteiger charge is -2.11. The Morgan fingerprint density at radius 3 is 2.79 bits per heavy atom. The summed E-state index contributed by atoms with van der Waals surface area (Å²) in [7, 11) is 0.